The Balaban J connectivity index is 1.79. The summed E-state index contributed by atoms with van der Waals surface area (Å²) in [6.07, 6.45) is 2.14. The first-order chi connectivity index (χ1) is 13.2. The molecule has 1 atom stereocenters. The third-order valence-corrected chi connectivity index (χ3v) is 4.31. The molecule has 1 aromatic carbocycles. The van der Waals surface area contributed by atoms with Gasteiger partial charge in [0.25, 0.3) is 0 Å². The third-order valence-electron chi connectivity index (χ3n) is 4.31. The molecule has 8 heteroatoms. The molecule has 1 unspecified atom stereocenters. The minimum Gasteiger partial charge on any atom is -0.493 e. The summed E-state index contributed by atoms with van der Waals surface area (Å²) in [6, 6.07) is 3.80. The van der Waals surface area contributed by atoms with E-state index in [-0.39, 0.29) is 6.10 Å². The van der Waals surface area contributed by atoms with Gasteiger partial charge in [-0.2, -0.15) is 0 Å². The quantitative estimate of drug-likeness (QED) is 0.362. The molecule has 0 spiro atoms. The van der Waals surface area contributed by atoms with Crippen molar-refractivity contribution in [3.8, 4) is 17.2 Å². The van der Waals surface area contributed by atoms with Gasteiger partial charge in [-0.15, -0.1) is 0 Å². The molecule has 1 saturated heterocycles. The SMILES string of the molecule is CN=C(NCCCOC1CCOC1)NCc1ccc(OC)c(OC)c1OC. The number of aliphatic imine (C=N–C) groups is 1. The van der Waals surface area contributed by atoms with Crippen LogP contribution in [0.5, 0.6) is 17.2 Å². The van der Waals surface area contributed by atoms with Gasteiger partial charge in [-0.3, -0.25) is 4.99 Å². The van der Waals surface area contributed by atoms with E-state index >= 15 is 0 Å². The van der Waals surface area contributed by atoms with Crippen LogP contribution in [0.2, 0.25) is 0 Å². The number of hydrogen-bond donors (Lipinski definition) is 2. The smallest absolute Gasteiger partial charge is 0.203 e. The van der Waals surface area contributed by atoms with Crippen molar-refractivity contribution >= 4 is 5.96 Å². The van der Waals surface area contributed by atoms with Gasteiger partial charge < -0.3 is 34.3 Å². The van der Waals surface area contributed by atoms with Crippen molar-refractivity contribution in [3.05, 3.63) is 17.7 Å². The van der Waals surface area contributed by atoms with Crippen molar-refractivity contribution in [3.63, 3.8) is 0 Å². The molecular weight excluding hydrogens is 350 g/mol. The second-order valence-corrected chi connectivity index (χ2v) is 6.06. The number of benzene rings is 1. The Morgan fingerprint density at radius 3 is 2.59 bits per heavy atom. The first kappa shape index (κ1) is 21.1. The largest absolute Gasteiger partial charge is 0.493 e. The second kappa shape index (κ2) is 11.5. The topological polar surface area (TPSA) is 82.6 Å². The van der Waals surface area contributed by atoms with Gasteiger partial charge in [-0.1, -0.05) is 0 Å². The van der Waals surface area contributed by atoms with Gasteiger partial charge in [0.05, 0.1) is 34.0 Å². The van der Waals surface area contributed by atoms with Crippen LogP contribution in [-0.4, -0.2) is 66.8 Å². The summed E-state index contributed by atoms with van der Waals surface area (Å²) in [6.45, 7) is 3.54. The Bertz CT molecular complexity index is 603. The van der Waals surface area contributed by atoms with Crippen LogP contribution < -0.4 is 24.8 Å². The number of nitrogens with zero attached hydrogens (tertiary/aromatic N) is 1. The Morgan fingerprint density at radius 2 is 1.96 bits per heavy atom. The molecule has 0 saturated carbocycles. The minimum absolute atomic E-state index is 0.250. The van der Waals surface area contributed by atoms with Crippen LogP contribution in [0.15, 0.2) is 17.1 Å². The number of rotatable bonds is 10. The van der Waals surface area contributed by atoms with Crippen molar-refractivity contribution in [2.75, 3.05) is 54.7 Å². The first-order valence-electron chi connectivity index (χ1n) is 9.15. The molecule has 2 rings (SSSR count). The molecule has 1 aliphatic heterocycles. The molecule has 1 aliphatic rings. The Morgan fingerprint density at radius 1 is 1.15 bits per heavy atom. The van der Waals surface area contributed by atoms with E-state index in [9.17, 15) is 0 Å². The Hall–Kier alpha value is -2.19. The maximum Gasteiger partial charge on any atom is 0.203 e. The maximum absolute atomic E-state index is 5.76. The molecule has 0 aliphatic carbocycles. The highest BCUT2D eigenvalue weighted by Gasteiger charge is 2.16. The zero-order valence-corrected chi connectivity index (χ0v) is 16.7. The number of ether oxygens (including phenoxy) is 5. The monoisotopic (exact) mass is 381 g/mol. The van der Waals surface area contributed by atoms with Gasteiger partial charge in [0.1, 0.15) is 0 Å². The first-order valence-corrected chi connectivity index (χ1v) is 9.15. The van der Waals surface area contributed by atoms with E-state index in [1.807, 2.05) is 12.1 Å². The summed E-state index contributed by atoms with van der Waals surface area (Å²) in [5.74, 6) is 2.58. The van der Waals surface area contributed by atoms with Gasteiger partial charge in [-0.25, -0.2) is 0 Å². The van der Waals surface area contributed by atoms with E-state index in [0.29, 0.717) is 37.0 Å². The normalized spacial score (nSPS) is 16.9. The van der Waals surface area contributed by atoms with Crippen molar-refractivity contribution in [2.24, 2.45) is 4.99 Å². The number of guanidine groups is 1. The lowest BCUT2D eigenvalue weighted by molar-refractivity contribution is 0.0420. The van der Waals surface area contributed by atoms with Gasteiger partial charge in [0.15, 0.2) is 17.5 Å². The summed E-state index contributed by atoms with van der Waals surface area (Å²) < 4.78 is 27.3. The van der Waals surface area contributed by atoms with Crippen molar-refractivity contribution in [2.45, 2.75) is 25.5 Å². The molecule has 152 valence electrons. The Labute approximate surface area is 161 Å². The van der Waals surface area contributed by atoms with Crippen molar-refractivity contribution in [1.29, 1.82) is 0 Å². The lowest BCUT2D eigenvalue weighted by Crippen LogP contribution is -2.37. The average molecular weight is 381 g/mol. The fourth-order valence-corrected chi connectivity index (χ4v) is 2.88. The lowest BCUT2D eigenvalue weighted by atomic mass is 10.1. The molecule has 1 aromatic rings. The summed E-state index contributed by atoms with van der Waals surface area (Å²) in [4.78, 5) is 4.25. The fraction of sp³-hybridized carbons (Fsp3) is 0.632. The summed E-state index contributed by atoms with van der Waals surface area (Å²) in [5.41, 5.74) is 0.947. The molecule has 0 aromatic heterocycles. The van der Waals surface area contributed by atoms with E-state index in [4.69, 9.17) is 23.7 Å². The number of hydrogen-bond acceptors (Lipinski definition) is 6. The number of methoxy groups -OCH3 is 3. The van der Waals surface area contributed by atoms with Crippen molar-refractivity contribution < 1.29 is 23.7 Å². The van der Waals surface area contributed by atoms with E-state index in [1.165, 1.54) is 0 Å². The van der Waals surface area contributed by atoms with Crippen LogP contribution >= 0.6 is 0 Å². The molecule has 0 bridgehead atoms. The molecule has 0 radical (unpaired) electrons. The second-order valence-electron chi connectivity index (χ2n) is 6.06. The number of nitrogens with one attached hydrogen (secondary N) is 2. The van der Waals surface area contributed by atoms with Crippen LogP contribution in [0.3, 0.4) is 0 Å². The summed E-state index contributed by atoms with van der Waals surface area (Å²) in [7, 11) is 6.55. The lowest BCUT2D eigenvalue weighted by Gasteiger charge is -2.17. The molecule has 1 fully saturated rings. The highest BCUT2D eigenvalue weighted by atomic mass is 16.5. The molecular formula is C19H31N3O5. The third kappa shape index (κ3) is 6.18. The molecule has 2 N–H and O–H groups in total. The Kier molecular flexibility index (Phi) is 9.00. The van der Waals surface area contributed by atoms with E-state index in [1.54, 1.807) is 28.4 Å². The summed E-state index contributed by atoms with van der Waals surface area (Å²) >= 11 is 0. The highest BCUT2D eigenvalue weighted by Crippen LogP contribution is 2.39. The van der Waals surface area contributed by atoms with Crippen LogP contribution in [0.4, 0.5) is 0 Å². The highest BCUT2D eigenvalue weighted by molar-refractivity contribution is 5.79. The zero-order chi connectivity index (χ0) is 19.5. The summed E-state index contributed by atoms with van der Waals surface area (Å²) in [5, 5.41) is 6.57. The van der Waals surface area contributed by atoms with E-state index in [2.05, 4.69) is 15.6 Å². The van der Waals surface area contributed by atoms with Gasteiger partial charge >= 0.3 is 0 Å². The molecule has 27 heavy (non-hydrogen) atoms. The van der Waals surface area contributed by atoms with Crippen LogP contribution in [0.1, 0.15) is 18.4 Å². The van der Waals surface area contributed by atoms with Gasteiger partial charge in [0.2, 0.25) is 5.75 Å². The van der Waals surface area contributed by atoms with E-state index in [0.717, 1.165) is 37.5 Å². The zero-order valence-electron chi connectivity index (χ0n) is 16.7. The standard InChI is InChI=1S/C19H31N3O5/c1-20-19(21-9-5-10-27-15-8-11-26-13-15)22-12-14-6-7-16(23-2)18(25-4)17(14)24-3/h6-7,15H,5,8-13H2,1-4H3,(H2,20,21,22). The van der Waals surface area contributed by atoms with Gasteiger partial charge in [-0.05, 0) is 25.0 Å². The predicted molar refractivity (Wildman–Crippen MR) is 104 cm³/mol. The molecule has 0 amide bonds. The van der Waals surface area contributed by atoms with Crippen LogP contribution in [0.25, 0.3) is 0 Å². The molecule has 8 nitrogen and oxygen atoms in total. The predicted octanol–water partition coefficient (Wildman–Crippen LogP) is 1.57. The van der Waals surface area contributed by atoms with Crippen LogP contribution in [-0.2, 0) is 16.0 Å². The average Bonchev–Trinajstić information content (AvgIpc) is 3.22. The maximum atomic E-state index is 5.76. The minimum atomic E-state index is 0.250. The van der Waals surface area contributed by atoms with Crippen LogP contribution in [0, 0.1) is 0 Å². The van der Waals surface area contributed by atoms with E-state index < -0.39 is 0 Å². The molecule has 1 heterocycles. The van der Waals surface area contributed by atoms with Gasteiger partial charge in [0, 0.05) is 38.9 Å². The fourth-order valence-electron chi connectivity index (χ4n) is 2.88. The van der Waals surface area contributed by atoms with Crippen molar-refractivity contribution in [1.82, 2.24) is 10.6 Å².